The van der Waals surface area contributed by atoms with E-state index in [0.29, 0.717) is 3.57 Å². The minimum Gasteiger partial charge on any atom is -0.448 e. The van der Waals surface area contributed by atoms with Gasteiger partial charge in [-0.05, 0) is 73.8 Å². The molecule has 1 aromatic rings. The molecule has 14 heteroatoms. The predicted octanol–water partition coefficient (Wildman–Crippen LogP) is 3.43. The number of halogens is 6. The Labute approximate surface area is 187 Å². The molecule has 146 valence electrons. The second-order valence-corrected chi connectivity index (χ2v) is 9.67. The molecule has 2 N–H and O–H groups in total. The first-order valence-corrected chi connectivity index (χ1v) is 11.2. The molecule has 7 nitrogen and oxygen atoms in total. The van der Waals surface area contributed by atoms with Crippen molar-refractivity contribution < 1.29 is 40.5 Å². The first kappa shape index (κ1) is 24.1. The summed E-state index contributed by atoms with van der Waals surface area (Å²) in [4.78, 5) is 23.5. The second-order valence-electron chi connectivity index (χ2n) is 4.77. The predicted molar refractivity (Wildman–Crippen MR) is 111 cm³/mol. The van der Waals surface area contributed by atoms with Gasteiger partial charge in [0.1, 0.15) is 5.75 Å². The first-order chi connectivity index (χ1) is 11.6. The molecule has 0 radical (unpaired) electrons. The quantitative estimate of drug-likeness (QED) is 0.273. The maximum atomic E-state index is 12.9. The van der Waals surface area contributed by atoms with Crippen LogP contribution < -0.4 is 5.32 Å². The smallest absolute Gasteiger partial charge is 0.426 e. The Hall–Kier alpha value is 0.0500. The van der Waals surface area contributed by atoms with Crippen LogP contribution in [-0.2, 0) is 19.6 Å². The number of amides is 1. The van der Waals surface area contributed by atoms with Crippen LogP contribution in [0, 0.1) is 10.7 Å². The number of carbonyl (C=O) groups excluding carboxylic acids is 2. The van der Waals surface area contributed by atoms with E-state index < -0.39 is 40.0 Å². The molecule has 0 saturated heterocycles. The minimum absolute atomic E-state index is 0.131. The molecule has 0 heterocycles. The molecular formula is C12H9F3I3NO6S. The molecule has 0 aliphatic heterocycles. The van der Waals surface area contributed by atoms with Crippen molar-refractivity contribution in [2.75, 3.05) is 11.1 Å². The Kier molecular flexibility index (Phi) is 8.37. The number of ether oxygens (including phenoxy) is 1. The average Bonchev–Trinajstić information content (AvgIpc) is 2.39. The number of hydrogen-bond donors (Lipinski definition) is 2. The van der Waals surface area contributed by atoms with Gasteiger partial charge in [0.25, 0.3) is 10.1 Å². The highest BCUT2D eigenvalue weighted by Crippen LogP contribution is 2.33. The van der Waals surface area contributed by atoms with Crippen LogP contribution in [0.2, 0.25) is 0 Å². The summed E-state index contributed by atoms with van der Waals surface area (Å²) in [5.74, 6) is -3.72. The van der Waals surface area contributed by atoms with Gasteiger partial charge < -0.3 is 10.1 Å². The summed E-state index contributed by atoms with van der Waals surface area (Å²) in [5.41, 5.74) is -0.0515. The molecule has 0 spiro atoms. The van der Waals surface area contributed by atoms with Crippen molar-refractivity contribution in [1.82, 2.24) is 0 Å². The molecule has 1 aromatic carbocycles. The Balaban J connectivity index is 3.33. The molecule has 0 fully saturated rings. The van der Waals surface area contributed by atoms with Crippen molar-refractivity contribution in [3.63, 3.8) is 0 Å². The maximum Gasteiger partial charge on any atom is 0.426 e. The average molecular weight is 733 g/mol. The van der Waals surface area contributed by atoms with Gasteiger partial charge >= 0.3 is 12.1 Å². The summed E-state index contributed by atoms with van der Waals surface area (Å²) >= 11 is 5.24. The number of anilines is 1. The van der Waals surface area contributed by atoms with Crippen molar-refractivity contribution in [3.8, 4) is 0 Å². The molecular weight excluding hydrogens is 724 g/mol. The van der Waals surface area contributed by atoms with Crippen LogP contribution in [0.3, 0.4) is 0 Å². The summed E-state index contributed by atoms with van der Waals surface area (Å²) in [6.45, 7) is 1.22. The van der Waals surface area contributed by atoms with E-state index in [0.717, 1.165) is 0 Å². The van der Waals surface area contributed by atoms with E-state index in [-0.39, 0.29) is 18.4 Å². The van der Waals surface area contributed by atoms with Crippen LogP contribution >= 0.6 is 67.8 Å². The Bertz CT molecular complexity index is 844. The van der Waals surface area contributed by atoms with E-state index in [9.17, 15) is 31.2 Å². The standard InChI is InChI=1S/C12H9F3I3NO6S/c1-4(20)19-10-6(17)2-5(16)8(9(10)18)11(21)25-7(12(13,14)15)3-26(22,23)24/h2,7H,3H2,1H3,(H,19,20)(H,22,23,24). The van der Waals surface area contributed by atoms with Gasteiger partial charge in [-0.2, -0.15) is 21.6 Å². The molecule has 0 saturated carbocycles. The molecule has 0 aromatic heterocycles. The summed E-state index contributed by atoms with van der Waals surface area (Å²) in [6, 6.07) is 1.44. The maximum absolute atomic E-state index is 12.9. The molecule has 1 unspecified atom stereocenters. The van der Waals surface area contributed by atoms with E-state index in [1.165, 1.54) is 13.0 Å². The number of rotatable bonds is 5. The molecule has 0 aliphatic carbocycles. The van der Waals surface area contributed by atoms with Crippen LogP contribution in [-0.4, -0.2) is 42.9 Å². The Morgan fingerprint density at radius 2 is 1.81 bits per heavy atom. The van der Waals surface area contributed by atoms with E-state index >= 15 is 0 Å². The molecule has 26 heavy (non-hydrogen) atoms. The SMILES string of the molecule is CC(=O)Nc1c(I)cc(I)c(C(=O)OC(CS(=O)(=O)O)C(F)(F)F)c1I. The van der Waals surface area contributed by atoms with Crippen molar-refractivity contribution in [3.05, 3.63) is 22.3 Å². The van der Waals surface area contributed by atoms with Crippen molar-refractivity contribution in [2.45, 2.75) is 19.2 Å². The molecule has 1 amide bonds. The van der Waals surface area contributed by atoms with Gasteiger partial charge in [0, 0.05) is 14.1 Å². The Morgan fingerprint density at radius 1 is 1.27 bits per heavy atom. The third-order valence-electron chi connectivity index (χ3n) is 2.65. The van der Waals surface area contributed by atoms with Gasteiger partial charge in [-0.25, -0.2) is 4.79 Å². The number of nitrogens with one attached hydrogen (secondary N) is 1. The van der Waals surface area contributed by atoms with Crippen LogP contribution in [0.4, 0.5) is 18.9 Å². The fourth-order valence-corrected chi connectivity index (χ4v) is 6.36. The van der Waals surface area contributed by atoms with E-state index in [2.05, 4.69) is 10.1 Å². The molecule has 1 atom stereocenters. The fraction of sp³-hybridized carbons (Fsp3) is 0.333. The molecule has 0 aliphatic rings. The number of carbonyl (C=O) groups is 2. The highest BCUT2D eigenvalue weighted by molar-refractivity contribution is 14.1. The lowest BCUT2D eigenvalue weighted by Crippen LogP contribution is -2.39. The zero-order chi connectivity index (χ0) is 20.4. The zero-order valence-electron chi connectivity index (χ0n) is 12.5. The van der Waals surface area contributed by atoms with Crippen LogP contribution in [0.5, 0.6) is 0 Å². The van der Waals surface area contributed by atoms with Gasteiger partial charge in [0.2, 0.25) is 12.0 Å². The fourth-order valence-electron chi connectivity index (χ4n) is 1.64. The van der Waals surface area contributed by atoms with Crippen LogP contribution in [0.15, 0.2) is 6.07 Å². The van der Waals surface area contributed by atoms with Crippen LogP contribution in [0.1, 0.15) is 17.3 Å². The van der Waals surface area contributed by atoms with E-state index in [1.54, 1.807) is 45.2 Å². The third kappa shape index (κ3) is 6.89. The topological polar surface area (TPSA) is 110 Å². The van der Waals surface area contributed by atoms with Gasteiger partial charge in [0.15, 0.2) is 0 Å². The number of esters is 1. The lowest BCUT2D eigenvalue weighted by Gasteiger charge is -2.21. The highest BCUT2D eigenvalue weighted by Gasteiger charge is 2.46. The number of hydrogen-bond acceptors (Lipinski definition) is 5. The number of benzene rings is 1. The summed E-state index contributed by atoms with van der Waals surface area (Å²) in [7, 11) is -5.04. The van der Waals surface area contributed by atoms with E-state index in [1.807, 2.05) is 22.6 Å². The minimum atomic E-state index is -5.20. The highest BCUT2D eigenvalue weighted by atomic mass is 127. The van der Waals surface area contributed by atoms with Crippen LogP contribution in [0.25, 0.3) is 0 Å². The number of alkyl halides is 3. The Morgan fingerprint density at radius 3 is 2.23 bits per heavy atom. The first-order valence-electron chi connectivity index (χ1n) is 6.31. The van der Waals surface area contributed by atoms with Crippen molar-refractivity contribution in [2.24, 2.45) is 0 Å². The lowest BCUT2D eigenvalue weighted by molar-refractivity contribution is -0.197. The van der Waals surface area contributed by atoms with Gasteiger partial charge in [-0.3, -0.25) is 9.35 Å². The summed E-state index contributed by atoms with van der Waals surface area (Å²) < 4.78 is 74.2. The largest absolute Gasteiger partial charge is 0.448 e. The summed E-state index contributed by atoms with van der Waals surface area (Å²) in [6.07, 6.45) is -8.24. The van der Waals surface area contributed by atoms with Crippen molar-refractivity contribution in [1.29, 1.82) is 0 Å². The normalized spacial score (nSPS) is 13.2. The molecule has 0 bridgehead atoms. The second kappa shape index (κ2) is 9.03. The van der Waals surface area contributed by atoms with E-state index in [4.69, 9.17) is 4.55 Å². The third-order valence-corrected chi connectivity index (χ3v) is 6.16. The summed E-state index contributed by atoms with van der Waals surface area (Å²) in [5, 5.41) is 2.46. The van der Waals surface area contributed by atoms with Gasteiger partial charge in [-0.1, -0.05) is 0 Å². The van der Waals surface area contributed by atoms with Gasteiger partial charge in [-0.15, -0.1) is 0 Å². The zero-order valence-corrected chi connectivity index (χ0v) is 19.8. The van der Waals surface area contributed by atoms with Crippen molar-refractivity contribution >= 4 is 95.5 Å². The monoisotopic (exact) mass is 733 g/mol. The lowest BCUT2D eigenvalue weighted by atomic mass is 10.2. The van der Waals surface area contributed by atoms with Gasteiger partial charge in [0.05, 0.1) is 14.8 Å². The molecule has 1 rings (SSSR count).